The van der Waals surface area contributed by atoms with Gasteiger partial charge in [0.15, 0.2) is 0 Å². The van der Waals surface area contributed by atoms with Crippen molar-refractivity contribution in [3.05, 3.63) is 125 Å². The maximum atomic E-state index is 13.0. The van der Waals surface area contributed by atoms with Crippen molar-refractivity contribution in [3.8, 4) is 23.6 Å². The molecule has 4 rings (SSSR count). The molecule has 0 spiro atoms. The van der Waals surface area contributed by atoms with Crippen LogP contribution in [0.2, 0.25) is 0 Å². The molecule has 1 N–H and O–H groups in total. The monoisotopic (exact) mass is 473 g/mol. The molecule has 0 fully saturated rings. The van der Waals surface area contributed by atoms with Crippen LogP contribution in [0, 0.1) is 22.7 Å². The number of rotatable bonds is 9. The van der Waals surface area contributed by atoms with E-state index in [4.69, 9.17) is 14.7 Å². The summed E-state index contributed by atoms with van der Waals surface area (Å²) in [7, 11) is 0. The summed E-state index contributed by atoms with van der Waals surface area (Å²) in [6.07, 6.45) is 0.356. The molecule has 0 aromatic heterocycles. The lowest BCUT2D eigenvalue weighted by atomic mass is 10.1. The number of carbonyl (C=O) groups excluding carboxylic acids is 1. The highest BCUT2D eigenvalue weighted by Gasteiger charge is 2.11. The lowest BCUT2D eigenvalue weighted by Gasteiger charge is -2.13. The summed E-state index contributed by atoms with van der Waals surface area (Å²) in [6, 6.07) is 33.3. The standard InChI is InChI=1S/C30H23N3O3/c31-17-16-22-12-14-27(15-13-22)35-21-26-8-3-4-11-29(26)33-30(34)23-9-5-10-28(18-23)36-20-25-7-2-1-6-24(25)19-32/h1-15,18H,16,20-21H2,(H,33,34). The minimum atomic E-state index is -0.272. The highest BCUT2D eigenvalue weighted by molar-refractivity contribution is 6.04. The summed E-state index contributed by atoms with van der Waals surface area (Å²) in [6.45, 7) is 0.502. The first-order valence-corrected chi connectivity index (χ1v) is 11.3. The molecule has 0 bridgehead atoms. The Morgan fingerprint density at radius 3 is 2.22 bits per heavy atom. The highest BCUT2D eigenvalue weighted by Crippen LogP contribution is 2.22. The second-order valence-electron chi connectivity index (χ2n) is 7.96. The van der Waals surface area contributed by atoms with Gasteiger partial charge in [-0.15, -0.1) is 0 Å². The first-order valence-electron chi connectivity index (χ1n) is 11.3. The van der Waals surface area contributed by atoms with E-state index in [1.54, 1.807) is 30.3 Å². The number of para-hydroxylation sites is 1. The molecule has 36 heavy (non-hydrogen) atoms. The van der Waals surface area contributed by atoms with Crippen LogP contribution >= 0.6 is 0 Å². The second-order valence-corrected chi connectivity index (χ2v) is 7.96. The summed E-state index contributed by atoms with van der Waals surface area (Å²) in [4.78, 5) is 13.0. The SMILES string of the molecule is N#CCc1ccc(OCc2ccccc2NC(=O)c2cccc(OCc3ccccc3C#N)c2)cc1. The number of nitriles is 2. The molecule has 0 unspecified atom stereocenters. The van der Waals surface area contributed by atoms with Gasteiger partial charge in [-0.25, -0.2) is 0 Å². The van der Waals surface area contributed by atoms with E-state index in [2.05, 4.69) is 17.5 Å². The van der Waals surface area contributed by atoms with Crippen LogP contribution in [0.1, 0.15) is 32.6 Å². The van der Waals surface area contributed by atoms with Crippen molar-refractivity contribution in [2.24, 2.45) is 0 Å². The van der Waals surface area contributed by atoms with Crippen LogP contribution in [-0.4, -0.2) is 5.91 Å². The number of anilines is 1. The summed E-state index contributed by atoms with van der Waals surface area (Å²) in [5.41, 5.74) is 4.19. The Balaban J connectivity index is 1.40. The smallest absolute Gasteiger partial charge is 0.255 e. The Bertz CT molecular complexity index is 1430. The van der Waals surface area contributed by atoms with E-state index in [1.165, 1.54) is 0 Å². The van der Waals surface area contributed by atoms with E-state index in [0.29, 0.717) is 34.7 Å². The zero-order valence-corrected chi connectivity index (χ0v) is 19.5. The van der Waals surface area contributed by atoms with Crippen molar-refractivity contribution in [2.75, 3.05) is 5.32 Å². The van der Waals surface area contributed by atoms with Gasteiger partial charge in [0, 0.05) is 22.4 Å². The Morgan fingerprint density at radius 2 is 1.44 bits per heavy atom. The van der Waals surface area contributed by atoms with E-state index < -0.39 is 0 Å². The fraction of sp³-hybridized carbons (Fsp3) is 0.100. The fourth-order valence-corrected chi connectivity index (χ4v) is 3.56. The Kier molecular flexibility index (Phi) is 7.94. The van der Waals surface area contributed by atoms with Crippen LogP contribution in [0.4, 0.5) is 5.69 Å². The van der Waals surface area contributed by atoms with Crippen LogP contribution in [-0.2, 0) is 19.6 Å². The zero-order valence-electron chi connectivity index (χ0n) is 19.5. The van der Waals surface area contributed by atoms with E-state index >= 15 is 0 Å². The predicted octanol–water partition coefficient (Wildman–Crippen LogP) is 6.03. The second kappa shape index (κ2) is 11.9. The molecule has 0 saturated carbocycles. The first-order chi connectivity index (χ1) is 17.7. The topological polar surface area (TPSA) is 95.1 Å². The van der Waals surface area contributed by atoms with E-state index in [1.807, 2.05) is 66.7 Å². The predicted molar refractivity (Wildman–Crippen MR) is 136 cm³/mol. The normalized spacial score (nSPS) is 10.1. The van der Waals surface area contributed by atoms with Gasteiger partial charge >= 0.3 is 0 Å². The minimum Gasteiger partial charge on any atom is -0.489 e. The summed E-state index contributed by atoms with van der Waals surface area (Å²) >= 11 is 0. The van der Waals surface area contributed by atoms with Crippen LogP contribution in [0.25, 0.3) is 0 Å². The average Bonchev–Trinajstić information content (AvgIpc) is 2.92. The number of benzene rings is 4. The van der Waals surface area contributed by atoms with Crippen LogP contribution < -0.4 is 14.8 Å². The van der Waals surface area contributed by atoms with Gasteiger partial charge in [-0.2, -0.15) is 10.5 Å². The van der Waals surface area contributed by atoms with Crippen molar-refractivity contribution >= 4 is 11.6 Å². The van der Waals surface area contributed by atoms with Gasteiger partial charge in [-0.05, 0) is 48.0 Å². The summed E-state index contributed by atoms with van der Waals surface area (Å²) in [5, 5.41) is 21.0. The molecule has 0 radical (unpaired) electrons. The molecule has 4 aromatic carbocycles. The van der Waals surface area contributed by atoms with E-state index in [0.717, 1.165) is 16.7 Å². The molecular formula is C30H23N3O3. The first kappa shape index (κ1) is 24.1. The molecule has 6 heteroatoms. The quantitative estimate of drug-likeness (QED) is 0.320. The number of nitrogens with zero attached hydrogens (tertiary/aromatic N) is 2. The lowest BCUT2D eigenvalue weighted by Crippen LogP contribution is -2.14. The molecule has 6 nitrogen and oxygen atoms in total. The molecule has 176 valence electrons. The van der Waals surface area contributed by atoms with Gasteiger partial charge in [-0.3, -0.25) is 4.79 Å². The number of nitrogens with one attached hydrogen (secondary N) is 1. The van der Waals surface area contributed by atoms with Gasteiger partial charge in [0.1, 0.15) is 24.7 Å². The Labute approximate surface area is 210 Å². The third-order valence-corrected chi connectivity index (χ3v) is 5.49. The van der Waals surface area contributed by atoms with Crippen molar-refractivity contribution < 1.29 is 14.3 Å². The van der Waals surface area contributed by atoms with Gasteiger partial charge in [-0.1, -0.05) is 54.6 Å². The van der Waals surface area contributed by atoms with Gasteiger partial charge in [0.2, 0.25) is 0 Å². The Morgan fingerprint density at radius 1 is 0.750 bits per heavy atom. The minimum absolute atomic E-state index is 0.229. The fourth-order valence-electron chi connectivity index (χ4n) is 3.56. The molecule has 1 amide bonds. The van der Waals surface area contributed by atoms with Crippen molar-refractivity contribution in [2.45, 2.75) is 19.6 Å². The number of amides is 1. The third-order valence-electron chi connectivity index (χ3n) is 5.49. The number of carbonyl (C=O) groups is 1. The third kappa shape index (κ3) is 6.28. The van der Waals surface area contributed by atoms with Crippen molar-refractivity contribution in [1.82, 2.24) is 0 Å². The average molecular weight is 474 g/mol. The molecule has 0 heterocycles. The maximum absolute atomic E-state index is 13.0. The molecular weight excluding hydrogens is 450 g/mol. The summed E-state index contributed by atoms with van der Waals surface area (Å²) < 4.78 is 11.7. The molecule has 0 aliphatic rings. The molecule has 4 aromatic rings. The lowest BCUT2D eigenvalue weighted by molar-refractivity contribution is 0.102. The molecule has 0 atom stereocenters. The number of ether oxygens (including phenoxy) is 2. The number of hydrogen-bond donors (Lipinski definition) is 1. The van der Waals surface area contributed by atoms with Crippen molar-refractivity contribution in [3.63, 3.8) is 0 Å². The van der Waals surface area contributed by atoms with Crippen LogP contribution in [0.15, 0.2) is 97.1 Å². The molecule has 0 aliphatic carbocycles. The Hall–Kier alpha value is -5.07. The highest BCUT2D eigenvalue weighted by atomic mass is 16.5. The largest absolute Gasteiger partial charge is 0.489 e. The van der Waals surface area contributed by atoms with Gasteiger partial charge in [0.25, 0.3) is 5.91 Å². The van der Waals surface area contributed by atoms with Crippen molar-refractivity contribution in [1.29, 1.82) is 10.5 Å². The summed E-state index contributed by atoms with van der Waals surface area (Å²) in [5.74, 6) is 0.943. The molecule has 0 saturated heterocycles. The van der Waals surface area contributed by atoms with Crippen LogP contribution in [0.5, 0.6) is 11.5 Å². The van der Waals surface area contributed by atoms with Crippen LogP contribution in [0.3, 0.4) is 0 Å². The van der Waals surface area contributed by atoms with E-state index in [-0.39, 0.29) is 19.1 Å². The van der Waals surface area contributed by atoms with Gasteiger partial charge < -0.3 is 14.8 Å². The van der Waals surface area contributed by atoms with Gasteiger partial charge in [0.05, 0.1) is 24.1 Å². The zero-order chi connectivity index (χ0) is 25.2. The molecule has 0 aliphatic heterocycles. The maximum Gasteiger partial charge on any atom is 0.255 e. The van der Waals surface area contributed by atoms with E-state index in [9.17, 15) is 10.1 Å². The number of hydrogen-bond acceptors (Lipinski definition) is 5.